The number of hydrogen-bond donors (Lipinski definition) is 1. The highest BCUT2D eigenvalue weighted by atomic mass is 16.3. The van der Waals surface area contributed by atoms with Crippen molar-refractivity contribution in [2.75, 3.05) is 32.7 Å². The Morgan fingerprint density at radius 2 is 1.79 bits per heavy atom. The molecule has 0 unspecified atom stereocenters. The molecule has 0 aliphatic carbocycles. The van der Waals surface area contributed by atoms with E-state index in [1.807, 2.05) is 30.3 Å². The van der Waals surface area contributed by atoms with Gasteiger partial charge in [-0.1, -0.05) is 30.3 Å². The van der Waals surface area contributed by atoms with Crippen LogP contribution < -0.4 is 0 Å². The molecule has 0 saturated carbocycles. The van der Waals surface area contributed by atoms with Crippen LogP contribution in [-0.2, 0) is 10.4 Å². The average molecular weight is 330 g/mol. The largest absolute Gasteiger partial charge is 0.383 e. The number of Topliss-reactive ketones (excluding diaryl/α,β-unsaturated/α-hetero) is 1. The van der Waals surface area contributed by atoms with Gasteiger partial charge in [0, 0.05) is 57.0 Å². The summed E-state index contributed by atoms with van der Waals surface area (Å²) in [5.41, 5.74) is 0.223. The van der Waals surface area contributed by atoms with Gasteiger partial charge in [0.25, 0.3) is 0 Å². The van der Waals surface area contributed by atoms with Gasteiger partial charge in [-0.3, -0.25) is 9.69 Å². The Kier molecular flexibility index (Phi) is 4.82. The molecule has 2 fully saturated rings. The van der Waals surface area contributed by atoms with E-state index in [1.165, 1.54) is 0 Å². The third kappa shape index (κ3) is 3.56. The van der Waals surface area contributed by atoms with Crippen molar-refractivity contribution in [3.8, 4) is 0 Å². The summed E-state index contributed by atoms with van der Waals surface area (Å²) < 4.78 is 0. The number of β-amino-alcohol motifs (C(OH)–C–C–N with tert-alkyl or cyclic N) is 1. The van der Waals surface area contributed by atoms with Crippen LogP contribution in [0.1, 0.15) is 39.2 Å². The number of rotatable bonds is 3. The lowest BCUT2D eigenvalue weighted by atomic mass is 9.83. The molecule has 0 bridgehead atoms. The first-order chi connectivity index (χ1) is 11.3. The summed E-state index contributed by atoms with van der Waals surface area (Å²) in [7, 11) is 0. The van der Waals surface area contributed by atoms with Crippen LogP contribution in [0.5, 0.6) is 0 Å². The van der Waals surface area contributed by atoms with Crippen molar-refractivity contribution >= 4 is 5.78 Å². The number of piperidine rings is 1. The van der Waals surface area contributed by atoms with E-state index < -0.39 is 5.60 Å². The van der Waals surface area contributed by atoms with Gasteiger partial charge in [-0.15, -0.1) is 0 Å². The molecule has 4 nitrogen and oxygen atoms in total. The first-order valence-corrected chi connectivity index (χ1v) is 9.06. The molecule has 2 heterocycles. The Hall–Kier alpha value is -1.23. The number of nitrogens with zero attached hydrogens (tertiary/aromatic N) is 2. The Morgan fingerprint density at radius 3 is 2.38 bits per heavy atom. The standard InChI is InChI=1S/C20H30N2O2/c1-19(2,3)22-14-17(13-21-11-9-18(23)10-12-21)20(24,15-22)16-7-5-4-6-8-16/h4-8,17,24H,9-15H2,1-3H3/t17-,20-/m0/s1. The maximum atomic E-state index is 11.6. The van der Waals surface area contributed by atoms with Crippen LogP contribution in [0.4, 0.5) is 0 Å². The predicted molar refractivity (Wildman–Crippen MR) is 95.8 cm³/mol. The van der Waals surface area contributed by atoms with Crippen molar-refractivity contribution in [1.29, 1.82) is 0 Å². The molecule has 2 aliphatic heterocycles. The van der Waals surface area contributed by atoms with E-state index in [4.69, 9.17) is 0 Å². The number of carbonyl (C=O) groups excluding carboxylic acids is 1. The lowest BCUT2D eigenvalue weighted by Gasteiger charge is -2.35. The highest BCUT2D eigenvalue weighted by molar-refractivity contribution is 5.79. The molecule has 1 N–H and O–H groups in total. The highest BCUT2D eigenvalue weighted by Gasteiger charge is 2.49. The molecule has 0 radical (unpaired) electrons. The Labute approximate surface area is 145 Å². The van der Waals surface area contributed by atoms with E-state index in [1.54, 1.807) is 0 Å². The Morgan fingerprint density at radius 1 is 1.17 bits per heavy atom. The molecule has 0 aromatic heterocycles. The van der Waals surface area contributed by atoms with Crippen LogP contribution in [-0.4, -0.2) is 59.0 Å². The third-order valence-electron chi connectivity index (χ3n) is 5.66. The van der Waals surface area contributed by atoms with Crippen LogP contribution in [0.2, 0.25) is 0 Å². The lowest BCUT2D eigenvalue weighted by molar-refractivity contribution is -0.121. The predicted octanol–water partition coefficient (Wildman–Crippen LogP) is 2.27. The molecule has 0 spiro atoms. The second-order valence-corrected chi connectivity index (χ2v) is 8.38. The number of hydrogen-bond acceptors (Lipinski definition) is 4. The maximum absolute atomic E-state index is 11.6. The lowest BCUT2D eigenvalue weighted by Crippen LogP contribution is -2.44. The minimum atomic E-state index is -0.823. The zero-order valence-corrected chi connectivity index (χ0v) is 15.2. The van der Waals surface area contributed by atoms with Crippen molar-refractivity contribution in [2.45, 2.75) is 44.8 Å². The van der Waals surface area contributed by atoms with Crippen molar-refractivity contribution in [1.82, 2.24) is 9.80 Å². The van der Waals surface area contributed by atoms with Gasteiger partial charge in [0.05, 0.1) is 0 Å². The number of aliphatic hydroxyl groups is 1. The third-order valence-corrected chi connectivity index (χ3v) is 5.66. The molecular weight excluding hydrogens is 300 g/mol. The molecule has 0 amide bonds. The molecule has 1 aromatic rings. The van der Waals surface area contributed by atoms with E-state index in [9.17, 15) is 9.90 Å². The first-order valence-electron chi connectivity index (χ1n) is 9.06. The summed E-state index contributed by atoms with van der Waals surface area (Å²) in [6.07, 6.45) is 1.30. The van der Waals surface area contributed by atoms with Gasteiger partial charge in [0.1, 0.15) is 11.4 Å². The molecular formula is C20H30N2O2. The van der Waals surface area contributed by atoms with Crippen molar-refractivity contribution in [3.63, 3.8) is 0 Å². The summed E-state index contributed by atoms with van der Waals surface area (Å²) in [5.74, 6) is 0.527. The number of ketones is 1. The second-order valence-electron chi connectivity index (χ2n) is 8.38. The Bertz CT molecular complexity index is 571. The van der Waals surface area contributed by atoms with Gasteiger partial charge in [-0.2, -0.15) is 0 Å². The average Bonchev–Trinajstić information content (AvgIpc) is 2.89. The van der Waals surface area contributed by atoms with Gasteiger partial charge in [-0.25, -0.2) is 0 Å². The molecule has 3 rings (SSSR count). The van der Waals surface area contributed by atoms with Crippen molar-refractivity contribution in [2.24, 2.45) is 5.92 Å². The number of benzene rings is 1. The monoisotopic (exact) mass is 330 g/mol. The minimum Gasteiger partial charge on any atom is -0.383 e. The molecule has 4 heteroatoms. The van der Waals surface area contributed by atoms with Crippen LogP contribution in [0.25, 0.3) is 0 Å². The molecule has 24 heavy (non-hydrogen) atoms. The van der Waals surface area contributed by atoms with Crippen LogP contribution in [0, 0.1) is 5.92 Å². The maximum Gasteiger partial charge on any atom is 0.135 e. The summed E-state index contributed by atoms with van der Waals surface area (Å²) in [4.78, 5) is 16.2. The fraction of sp³-hybridized carbons (Fsp3) is 0.650. The number of likely N-dealkylation sites (tertiary alicyclic amines) is 2. The molecule has 2 aliphatic rings. The summed E-state index contributed by atoms with van der Waals surface area (Å²) in [6, 6.07) is 10.1. The van der Waals surface area contributed by atoms with Gasteiger partial charge in [0.15, 0.2) is 0 Å². The van der Waals surface area contributed by atoms with E-state index in [-0.39, 0.29) is 11.5 Å². The highest BCUT2D eigenvalue weighted by Crippen LogP contribution is 2.40. The molecule has 132 valence electrons. The van der Waals surface area contributed by atoms with Gasteiger partial charge in [0.2, 0.25) is 0 Å². The zero-order valence-electron chi connectivity index (χ0n) is 15.2. The summed E-state index contributed by atoms with van der Waals surface area (Å²) >= 11 is 0. The molecule has 1 aromatic carbocycles. The normalized spacial score (nSPS) is 30.0. The Balaban J connectivity index is 1.82. The van der Waals surface area contributed by atoms with E-state index >= 15 is 0 Å². The van der Waals surface area contributed by atoms with Gasteiger partial charge >= 0.3 is 0 Å². The summed E-state index contributed by atoms with van der Waals surface area (Å²) in [5, 5.41) is 11.6. The minimum absolute atomic E-state index is 0.0371. The summed E-state index contributed by atoms with van der Waals surface area (Å²) in [6.45, 7) is 10.7. The van der Waals surface area contributed by atoms with Gasteiger partial charge < -0.3 is 10.0 Å². The van der Waals surface area contributed by atoms with Gasteiger partial charge in [-0.05, 0) is 26.3 Å². The van der Waals surface area contributed by atoms with Crippen molar-refractivity contribution < 1.29 is 9.90 Å². The van der Waals surface area contributed by atoms with Crippen LogP contribution in [0.15, 0.2) is 30.3 Å². The van der Waals surface area contributed by atoms with E-state index in [2.05, 4.69) is 30.6 Å². The quantitative estimate of drug-likeness (QED) is 0.923. The molecule has 2 saturated heterocycles. The van der Waals surface area contributed by atoms with Crippen LogP contribution >= 0.6 is 0 Å². The number of carbonyl (C=O) groups is 1. The topological polar surface area (TPSA) is 43.8 Å². The smallest absolute Gasteiger partial charge is 0.135 e. The SMILES string of the molecule is CC(C)(C)N1C[C@H](CN2CCC(=O)CC2)[C@@](O)(c2ccccc2)C1. The zero-order chi connectivity index (χ0) is 17.4. The fourth-order valence-electron chi connectivity index (χ4n) is 3.97. The van der Waals surface area contributed by atoms with E-state index in [0.29, 0.717) is 25.2 Å². The first kappa shape index (κ1) is 17.6. The van der Waals surface area contributed by atoms with Crippen molar-refractivity contribution in [3.05, 3.63) is 35.9 Å². The second kappa shape index (κ2) is 6.58. The van der Waals surface area contributed by atoms with Crippen LogP contribution in [0.3, 0.4) is 0 Å². The molecule has 2 atom stereocenters. The fourth-order valence-corrected chi connectivity index (χ4v) is 3.97. The van der Waals surface area contributed by atoms with E-state index in [0.717, 1.165) is 31.7 Å².